The lowest BCUT2D eigenvalue weighted by molar-refractivity contribution is -0.121. The quantitative estimate of drug-likeness (QED) is 0.420. The Morgan fingerprint density at radius 1 is 0.917 bits per heavy atom. The molecular weight excluding hydrogens is 452 g/mol. The minimum Gasteiger partial charge on any atom is -0.497 e. The van der Waals surface area contributed by atoms with Crippen molar-refractivity contribution in [3.05, 3.63) is 96.7 Å². The van der Waals surface area contributed by atoms with Crippen LogP contribution >= 0.6 is 0 Å². The zero-order valence-corrected chi connectivity index (χ0v) is 20.1. The molecule has 2 heterocycles. The van der Waals surface area contributed by atoms with Gasteiger partial charge in [0.1, 0.15) is 11.4 Å². The number of anilines is 1. The van der Waals surface area contributed by atoms with Crippen LogP contribution in [-0.4, -0.2) is 46.7 Å². The highest BCUT2D eigenvalue weighted by Crippen LogP contribution is 2.29. The third kappa shape index (κ3) is 5.00. The maximum atomic E-state index is 13.7. The van der Waals surface area contributed by atoms with Gasteiger partial charge in [0, 0.05) is 36.5 Å². The molecule has 1 aliphatic rings. The SMILES string of the molecule is COc1cccc(-c2nn(-c3ccccc3)cc2C(=O)N2CCC(C(=O)Nc3ccccc3)CC2)c1. The van der Waals surface area contributed by atoms with Crippen LogP contribution in [0.1, 0.15) is 23.2 Å². The van der Waals surface area contributed by atoms with Crippen LogP contribution < -0.4 is 10.1 Å². The Kier molecular flexibility index (Phi) is 6.80. The predicted molar refractivity (Wildman–Crippen MR) is 139 cm³/mol. The number of aromatic nitrogens is 2. The Morgan fingerprint density at radius 3 is 2.31 bits per heavy atom. The molecule has 2 amide bonds. The number of carbonyl (C=O) groups excluding carboxylic acids is 2. The fourth-order valence-corrected chi connectivity index (χ4v) is 4.51. The monoisotopic (exact) mass is 480 g/mol. The number of likely N-dealkylation sites (tertiary alicyclic amines) is 1. The number of methoxy groups -OCH3 is 1. The first-order chi connectivity index (χ1) is 17.6. The number of nitrogens with zero attached hydrogens (tertiary/aromatic N) is 3. The van der Waals surface area contributed by atoms with Gasteiger partial charge in [0.15, 0.2) is 0 Å². The highest BCUT2D eigenvalue weighted by atomic mass is 16.5. The maximum Gasteiger partial charge on any atom is 0.257 e. The number of para-hydroxylation sites is 2. The molecule has 0 aliphatic carbocycles. The van der Waals surface area contributed by atoms with Gasteiger partial charge in [0.25, 0.3) is 5.91 Å². The van der Waals surface area contributed by atoms with Gasteiger partial charge in [0.2, 0.25) is 5.91 Å². The Balaban J connectivity index is 1.36. The first-order valence-corrected chi connectivity index (χ1v) is 12.1. The van der Waals surface area contributed by atoms with Crippen molar-refractivity contribution in [1.29, 1.82) is 0 Å². The van der Waals surface area contributed by atoms with Crippen molar-refractivity contribution in [2.75, 3.05) is 25.5 Å². The number of carbonyl (C=O) groups is 2. The first-order valence-electron chi connectivity index (χ1n) is 12.1. The van der Waals surface area contributed by atoms with Gasteiger partial charge in [-0.15, -0.1) is 0 Å². The average Bonchev–Trinajstić information content (AvgIpc) is 3.39. The normalized spacial score (nSPS) is 13.9. The Morgan fingerprint density at radius 2 is 1.61 bits per heavy atom. The van der Waals surface area contributed by atoms with Crippen LogP contribution in [0.25, 0.3) is 16.9 Å². The summed E-state index contributed by atoms with van der Waals surface area (Å²) in [5.74, 6) is 0.490. The molecule has 0 saturated carbocycles. The lowest BCUT2D eigenvalue weighted by Gasteiger charge is -2.31. The van der Waals surface area contributed by atoms with E-state index in [-0.39, 0.29) is 17.7 Å². The van der Waals surface area contributed by atoms with Gasteiger partial charge >= 0.3 is 0 Å². The molecule has 0 spiro atoms. The second-order valence-electron chi connectivity index (χ2n) is 8.83. The van der Waals surface area contributed by atoms with Gasteiger partial charge in [-0.05, 0) is 49.2 Å². The minimum absolute atomic E-state index is 0.00210. The van der Waals surface area contributed by atoms with E-state index in [0.29, 0.717) is 42.9 Å². The van der Waals surface area contributed by atoms with E-state index in [1.165, 1.54) is 0 Å². The lowest BCUT2D eigenvalue weighted by atomic mass is 9.95. The summed E-state index contributed by atoms with van der Waals surface area (Å²) in [4.78, 5) is 28.3. The van der Waals surface area contributed by atoms with Crippen LogP contribution in [0.5, 0.6) is 5.75 Å². The van der Waals surface area contributed by atoms with Crippen LogP contribution in [0.4, 0.5) is 5.69 Å². The van der Waals surface area contributed by atoms with Crippen LogP contribution in [0, 0.1) is 5.92 Å². The molecule has 7 heteroatoms. The van der Waals surface area contributed by atoms with Crippen molar-refractivity contribution < 1.29 is 14.3 Å². The summed E-state index contributed by atoms with van der Waals surface area (Å²) >= 11 is 0. The molecule has 182 valence electrons. The number of nitrogens with one attached hydrogen (secondary N) is 1. The summed E-state index contributed by atoms with van der Waals surface area (Å²) in [5.41, 5.74) is 3.60. The Bertz CT molecular complexity index is 1340. The van der Waals surface area contributed by atoms with E-state index in [1.54, 1.807) is 18.0 Å². The summed E-state index contributed by atoms with van der Waals surface area (Å²) in [6.07, 6.45) is 3.03. The van der Waals surface area contributed by atoms with Crippen LogP contribution in [0.2, 0.25) is 0 Å². The highest BCUT2D eigenvalue weighted by Gasteiger charge is 2.30. The van der Waals surface area contributed by atoms with E-state index in [1.807, 2.05) is 89.8 Å². The van der Waals surface area contributed by atoms with Crippen molar-refractivity contribution in [1.82, 2.24) is 14.7 Å². The van der Waals surface area contributed by atoms with E-state index in [2.05, 4.69) is 5.32 Å². The van der Waals surface area contributed by atoms with Crippen molar-refractivity contribution >= 4 is 17.5 Å². The molecule has 1 aliphatic heterocycles. The summed E-state index contributed by atoms with van der Waals surface area (Å²) in [6.45, 7) is 1.03. The molecule has 0 radical (unpaired) electrons. The topological polar surface area (TPSA) is 76.5 Å². The second kappa shape index (κ2) is 10.5. The van der Waals surface area contributed by atoms with Gasteiger partial charge in [-0.1, -0.05) is 48.5 Å². The van der Waals surface area contributed by atoms with E-state index in [4.69, 9.17) is 9.84 Å². The number of amides is 2. The first kappa shape index (κ1) is 23.4. The average molecular weight is 481 g/mol. The van der Waals surface area contributed by atoms with E-state index >= 15 is 0 Å². The number of rotatable bonds is 6. The van der Waals surface area contributed by atoms with Crippen LogP contribution in [0.3, 0.4) is 0 Å². The van der Waals surface area contributed by atoms with E-state index < -0.39 is 0 Å². The molecule has 1 aromatic heterocycles. The zero-order valence-electron chi connectivity index (χ0n) is 20.1. The van der Waals surface area contributed by atoms with Crippen molar-refractivity contribution in [2.24, 2.45) is 5.92 Å². The standard InChI is InChI=1S/C29H28N4O3/c1-36-25-14-8-9-22(19-25)27-26(20-33(31-27)24-12-6-3-7-13-24)29(35)32-17-15-21(16-18-32)28(34)30-23-10-4-2-5-11-23/h2-14,19-21H,15-18H2,1H3,(H,30,34). The number of piperidine rings is 1. The molecular formula is C29H28N4O3. The van der Waals surface area contributed by atoms with Crippen molar-refractivity contribution in [3.8, 4) is 22.7 Å². The van der Waals surface area contributed by atoms with Crippen molar-refractivity contribution in [3.63, 3.8) is 0 Å². The highest BCUT2D eigenvalue weighted by molar-refractivity contribution is 6.00. The summed E-state index contributed by atoms with van der Waals surface area (Å²) in [6, 6.07) is 26.8. The largest absolute Gasteiger partial charge is 0.497 e. The minimum atomic E-state index is -0.126. The maximum absolute atomic E-state index is 13.7. The van der Waals surface area contributed by atoms with Gasteiger partial charge in [-0.2, -0.15) is 5.10 Å². The molecule has 0 bridgehead atoms. The smallest absolute Gasteiger partial charge is 0.257 e. The number of ether oxygens (including phenoxy) is 1. The molecule has 0 atom stereocenters. The molecule has 3 aromatic carbocycles. The zero-order chi connectivity index (χ0) is 24.9. The molecule has 0 unspecified atom stereocenters. The molecule has 4 aromatic rings. The molecule has 1 saturated heterocycles. The molecule has 36 heavy (non-hydrogen) atoms. The van der Waals surface area contributed by atoms with Crippen LogP contribution in [-0.2, 0) is 4.79 Å². The molecule has 5 rings (SSSR count). The predicted octanol–water partition coefficient (Wildman–Crippen LogP) is 5.04. The molecule has 1 N–H and O–H groups in total. The van der Waals surface area contributed by atoms with Crippen LogP contribution in [0.15, 0.2) is 91.1 Å². The third-order valence-corrected chi connectivity index (χ3v) is 6.50. The number of benzene rings is 3. The van der Waals surface area contributed by atoms with E-state index in [0.717, 1.165) is 16.9 Å². The third-order valence-electron chi connectivity index (χ3n) is 6.50. The van der Waals surface area contributed by atoms with Crippen molar-refractivity contribution in [2.45, 2.75) is 12.8 Å². The summed E-state index contributed by atoms with van der Waals surface area (Å²) in [7, 11) is 1.62. The second-order valence-corrected chi connectivity index (χ2v) is 8.83. The van der Waals surface area contributed by atoms with Gasteiger partial charge in [0.05, 0.1) is 18.4 Å². The number of hydrogen-bond donors (Lipinski definition) is 1. The van der Waals surface area contributed by atoms with E-state index in [9.17, 15) is 9.59 Å². The lowest BCUT2D eigenvalue weighted by Crippen LogP contribution is -2.41. The van der Waals surface area contributed by atoms with Gasteiger partial charge in [-0.3, -0.25) is 9.59 Å². The fraction of sp³-hybridized carbons (Fsp3) is 0.207. The molecule has 1 fully saturated rings. The van der Waals surface area contributed by atoms with Gasteiger partial charge < -0.3 is 15.0 Å². The Labute approximate surface area is 210 Å². The fourth-order valence-electron chi connectivity index (χ4n) is 4.51. The Hall–Kier alpha value is -4.39. The summed E-state index contributed by atoms with van der Waals surface area (Å²) in [5, 5.41) is 7.76. The summed E-state index contributed by atoms with van der Waals surface area (Å²) < 4.78 is 7.13. The van der Waals surface area contributed by atoms with Gasteiger partial charge in [-0.25, -0.2) is 4.68 Å². The molecule has 7 nitrogen and oxygen atoms in total. The number of hydrogen-bond acceptors (Lipinski definition) is 4.